The molecule has 0 saturated carbocycles. The van der Waals surface area contributed by atoms with Crippen LogP contribution in [-0.4, -0.2) is 28.4 Å². The van der Waals surface area contributed by atoms with Crippen molar-refractivity contribution in [3.63, 3.8) is 0 Å². The predicted molar refractivity (Wildman–Crippen MR) is 70.8 cm³/mol. The lowest BCUT2D eigenvalue weighted by molar-refractivity contribution is 0.340. The van der Waals surface area contributed by atoms with Crippen molar-refractivity contribution in [1.29, 1.82) is 0 Å². The van der Waals surface area contributed by atoms with Gasteiger partial charge in [-0.1, -0.05) is 12.1 Å². The molecule has 4 heteroatoms. The molecule has 0 amide bonds. The van der Waals surface area contributed by atoms with Crippen molar-refractivity contribution in [1.82, 2.24) is 5.32 Å². The highest BCUT2D eigenvalue weighted by Crippen LogP contribution is 2.22. The average Bonchev–Trinajstić information content (AvgIpc) is 2.34. The smallest absolute Gasteiger partial charge is 0.119 e. The Bertz CT molecular complexity index is 391. The van der Waals surface area contributed by atoms with Gasteiger partial charge in [-0.05, 0) is 31.5 Å². The zero-order valence-corrected chi connectivity index (χ0v) is 11.1. The number of benzene rings is 1. The Morgan fingerprint density at radius 1 is 1.41 bits per heavy atom. The van der Waals surface area contributed by atoms with Gasteiger partial charge in [-0.3, -0.25) is 4.21 Å². The van der Waals surface area contributed by atoms with Crippen LogP contribution >= 0.6 is 0 Å². The third kappa shape index (κ3) is 3.07. The highest BCUT2D eigenvalue weighted by molar-refractivity contribution is 7.85. The first-order chi connectivity index (χ1) is 8.20. The minimum Gasteiger partial charge on any atom is -0.494 e. The fourth-order valence-corrected chi connectivity index (χ4v) is 3.22. The van der Waals surface area contributed by atoms with Gasteiger partial charge in [-0.25, -0.2) is 0 Å². The molecule has 0 bridgehead atoms. The van der Waals surface area contributed by atoms with Crippen LogP contribution in [0, 0.1) is 0 Å². The summed E-state index contributed by atoms with van der Waals surface area (Å²) >= 11 is 0. The zero-order valence-electron chi connectivity index (χ0n) is 10.3. The molecular weight excluding hydrogens is 234 g/mol. The number of ether oxygens (including phenoxy) is 1. The molecule has 1 saturated heterocycles. The second kappa shape index (κ2) is 5.65. The Labute approximate surface area is 105 Å². The molecule has 1 aliphatic heterocycles. The summed E-state index contributed by atoms with van der Waals surface area (Å²) in [6.07, 6.45) is 0. The van der Waals surface area contributed by atoms with Crippen molar-refractivity contribution in [2.75, 3.05) is 18.9 Å². The third-order valence-corrected chi connectivity index (χ3v) is 4.75. The van der Waals surface area contributed by atoms with Crippen LogP contribution in [0.25, 0.3) is 0 Å². The third-order valence-electron chi connectivity index (χ3n) is 3.02. The molecule has 1 fully saturated rings. The summed E-state index contributed by atoms with van der Waals surface area (Å²) in [7, 11) is -0.718. The lowest BCUT2D eigenvalue weighted by Crippen LogP contribution is -2.41. The quantitative estimate of drug-likeness (QED) is 0.893. The normalized spacial score (nSPS) is 28.9. The summed E-state index contributed by atoms with van der Waals surface area (Å²) in [6.45, 7) is 5.51. The first-order valence-electron chi connectivity index (χ1n) is 6.04. The van der Waals surface area contributed by atoms with Crippen LogP contribution in [0.1, 0.15) is 25.5 Å². The van der Waals surface area contributed by atoms with Gasteiger partial charge in [0.1, 0.15) is 5.75 Å². The summed E-state index contributed by atoms with van der Waals surface area (Å²) < 4.78 is 17.2. The first kappa shape index (κ1) is 12.6. The standard InChI is InChI=1S/C13H19NO2S/c1-3-16-12-6-4-11(5-7-12)13-9-17(15)10(2)8-14-13/h4-7,10,13-14H,3,8-9H2,1-2H3. The molecule has 0 aliphatic carbocycles. The highest BCUT2D eigenvalue weighted by atomic mass is 32.2. The van der Waals surface area contributed by atoms with Gasteiger partial charge in [0, 0.05) is 34.4 Å². The van der Waals surface area contributed by atoms with Crippen LogP contribution in [0.3, 0.4) is 0 Å². The molecule has 3 nitrogen and oxygen atoms in total. The van der Waals surface area contributed by atoms with E-state index in [1.807, 2.05) is 26.0 Å². The van der Waals surface area contributed by atoms with Crippen LogP contribution in [0.2, 0.25) is 0 Å². The fraction of sp³-hybridized carbons (Fsp3) is 0.538. The fourth-order valence-electron chi connectivity index (χ4n) is 1.97. The van der Waals surface area contributed by atoms with Gasteiger partial charge >= 0.3 is 0 Å². The molecule has 3 unspecified atom stereocenters. The minimum absolute atomic E-state index is 0.211. The lowest BCUT2D eigenvalue weighted by atomic mass is 10.1. The maximum Gasteiger partial charge on any atom is 0.119 e. The van der Waals surface area contributed by atoms with Gasteiger partial charge in [0.05, 0.1) is 6.61 Å². The van der Waals surface area contributed by atoms with Crippen LogP contribution in [-0.2, 0) is 10.8 Å². The molecule has 1 heterocycles. The summed E-state index contributed by atoms with van der Waals surface area (Å²) in [4.78, 5) is 0. The Morgan fingerprint density at radius 3 is 2.71 bits per heavy atom. The van der Waals surface area contributed by atoms with E-state index in [1.165, 1.54) is 5.56 Å². The molecule has 1 aromatic carbocycles. The van der Waals surface area contributed by atoms with Gasteiger partial charge in [-0.15, -0.1) is 0 Å². The summed E-state index contributed by atoms with van der Waals surface area (Å²) in [5, 5.41) is 3.69. The Kier molecular flexibility index (Phi) is 4.18. The molecule has 1 aromatic rings. The van der Waals surface area contributed by atoms with E-state index in [1.54, 1.807) is 0 Å². The van der Waals surface area contributed by atoms with Crippen molar-refractivity contribution in [3.8, 4) is 5.75 Å². The van der Waals surface area contributed by atoms with Crippen molar-refractivity contribution in [2.24, 2.45) is 0 Å². The van der Waals surface area contributed by atoms with E-state index in [-0.39, 0.29) is 11.3 Å². The van der Waals surface area contributed by atoms with Gasteiger partial charge in [0.25, 0.3) is 0 Å². The van der Waals surface area contributed by atoms with Crippen molar-refractivity contribution in [3.05, 3.63) is 29.8 Å². The van der Waals surface area contributed by atoms with Gasteiger partial charge < -0.3 is 10.1 Å². The Hall–Kier alpha value is -0.870. The van der Waals surface area contributed by atoms with Crippen LogP contribution in [0.5, 0.6) is 5.75 Å². The van der Waals surface area contributed by atoms with E-state index in [2.05, 4.69) is 17.4 Å². The van der Waals surface area contributed by atoms with E-state index in [0.29, 0.717) is 12.4 Å². The van der Waals surface area contributed by atoms with E-state index in [9.17, 15) is 4.21 Å². The van der Waals surface area contributed by atoms with Crippen LogP contribution < -0.4 is 10.1 Å². The number of rotatable bonds is 3. The average molecular weight is 253 g/mol. The monoisotopic (exact) mass is 253 g/mol. The molecule has 2 rings (SSSR count). The van der Waals surface area contributed by atoms with Crippen LogP contribution in [0.4, 0.5) is 0 Å². The molecule has 17 heavy (non-hydrogen) atoms. The molecule has 3 atom stereocenters. The molecular formula is C13H19NO2S. The highest BCUT2D eigenvalue weighted by Gasteiger charge is 2.24. The van der Waals surface area contributed by atoms with Gasteiger partial charge in [0.15, 0.2) is 0 Å². The van der Waals surface area contributed by atoms with E-state index in [4.69, 9.17) is 4.74 Å². The van der Waals surface area contributed by atoms with Crippen molar-refractivity contribution >= 4 is 10.8 Å². The maximum atomic E-state index is 11.8. The van der Waals surface area contributed by atoms with Gasteiger partial charge in [-0.2, -0.15) is 0 Å². The number of nitrogens with one attached hydrogen (secondary N) is 1. The maximum absolute atomic E-state index is 11.8. The minimum atomic E-state index is -0.718. The molecule has 0 aromatic heterocycles. The zero-order chi connectivity index (χ0) is 12.3. The van der Waals surface area contributed by atoms with Gasteiger partial charge in [0.2, 0.25) is 0 Å². The largest absolute Gasteiger partial charge is 0.494 e. The summed E-state index contributed by atoms with van der Waals surface area (Å²) in [5.41, 5.74) is 1.19. The Morgan fingerprint density at radius 2 is 2.12 bits per heavy atom. The number of hydrogen-bond donors (Lipinski definition) is 1. The molecule has 0 spiro atoms. The summed E-state index contributed by atoms with van der Waals surface area (Å²) in [5.74, 6) is 1.59. The molecule has 1 aliphatic rings. The van der Waals surface area contributed by atoms with Crippen molar-refractivity contribution < 1.29 is 8.95 Å². The van der Waals surface area contributed by atoms with Crippen molar-refractivity contribution in [2.45, 2.75) is 25.1 Å². The number of hydrogen-bond acceptors (Lipinski definition) is 3. The van der Waals surface area contributed by atoms with E-state index >= 15 is 0 Å². The Balaban J connectivity index is 2.05. The predicted octanol–water partition coefficient (Wildman–Crippen LogP) is 1.87. The van der Waals surface area contributed by atoms with E-state index in [0.717, 1.165) is 12.3 Å². The lowest BCUT2D eigenvalue weighted by Gasteiger charge is -2.27. The summed E-state index contributed by atoms with van der Waals surface area (Å²) in [6, 6.07) is 8.26. The molecule has 94 valence electrons. The topological polar surface area (TPSA) is 38.3 Å². The van der Waals surface area contributed by atoms with Crippen LogP contribution in [0.15, 0.2) is 24.3 Å². The second-order valence-electron chi connectivity index (χ2n) is 4.32. The SMILES string of the molecule is CCOc1ccc(C2CS(=O)C(C)CN2)cc1. The molecule has 1 N–H and O–H groups in total. The first-order valence-corrected chi connectivity index (χ1v) is 7.42. The van der Waals surface area contributed by atoms with E-state index < -0.39 is 10.8 Å². The molecule has 0 radical (unpaired) electrons. The second-order valence-corrected chi connectivity index (χ2v) is 6.22.